The summed E-state index contributed by atoms with van der Waals surface area (Å²) >= 11 is 0. The molecule has 0 unspecified atom stereocenters. The fourth-order valence-corrected chi connectivity index (χ4v) is 1.47. The van der Waals surface area contributed by atoms with E-state index in [0.29, 0.717) is 38.1 Å². The Morgan fingerprint density at radius 3 is 2.32 bits per heavy atom. The number of hydrogen-bond acceptors (Lipinski definition) is 8. The normalized spacial score (nSPS) is 10.3. The molecule has 0 aliphatic heterocycles. The second-order valence-corrected chi connectivity index (χ2v) is 3.64. The molecular weight excluding hydrogens is 250 g/mol. The quantitative estimate of drug-likeness (QED) is 0.552. The number of hydrogen-bond donors (Lipinski definition) is 3. The first kappa shape index (κ1) is 15.4. The minimum atomic E-state index is -0.0494. The van der Waals surface area contributed by atoms with Crippen LogP contribution in [0.15, 0.2) is 0 Å². The number of ether oxygens (including phenoxy) is 1. The molecule has 0 radical (unpaired) electrons. The Labute approximate surface area is 112 Å². The van der Waals surface area contributed by atoms with Gasteiger partial charge in [-0.25, -0.2) is 0 Å². The van der Waals surface area contributed by atoms with Crippen molar-refractivity contribution in [2.45, 2.75) is 13.8 Å². The molecule has 108 valence electrons. The standard InChI is InChI=1S/C11H21N5O3/c1-3-12-9-13-10(15-11(14-9)19-4-2)16(5-7-17)6-8-18/h17-18H,3-8H2,1-2H3,(H,12,13,14,15). The third-order valence-electron chi connectivity index (χ3n) is 2.23. The first-order chi connectivity index (χ1) is 9.24. The lowest BCUT2D eigenvalue weighted by molar-refractivity contribution is 0.278. The van der Waals surface area contributed by atoms with Crippen LogP contribution in [0.25, 0.3) is 0 Å². The van der Waals surface area contributed by atoms with Crippen LogP contribution >= 0.6 is 0 Å². The number of aliphatic hydroxyl groups is 2. The maximum atomic E-state index is 9.03. The predicted molar refractivity (Wildman–Crippen MR) is 71.5 cm³/mol. The summed E-state index contributed by atoms with van der Waals surface area (Å²) in [5, 5.41) is 21.0. The highest BCUT2D eigenvalue weighted by Gasteiger charge is 2.13. The molecule has 8 heteroatoms. The van der Waals surface area contributed by atoms with Crippen molar-refractivity contribution >= 4 is 11.9 Å². The van der Waals surface area contributed by atoms with Gasteiger partial charge in [-0.3, -0.25) is 0 Å². The number of aromatic nitrogens is 3. The van der Waals surface area contributed by atoms with E-state index in [1.807, 2.05) is 13.8 Å². The summed E-state index contributed by atoms with van der Waals surface area (Å²) in [5.41, 5.74) is 0. The van der Waals surface area contributed by atoms with Gasteiger partial charge < -0.3 is 25.2 Å². The molecule has 0 spiro atoms. The van der Waals surface area contributed by atoms with Crippen LogP contribution in [0.4, 0.5) is 11.9 Å². The van der Waals surface area contributed by atoms with Gasteiger partial charge in [0, 0.05) is 19.6 Å². The van der Waals surface area contributed by atoms with Gasteiger partial charge in [0.25, 0.3) is 0 Å². The highest BCUT2D eigenvalue weighted by atomic mass is 16.5. The van der Waals surface area contributed by atoms with Crippen molar-refractivity contribution in [3.63, 3.8) is 0 Å². The van der Waals surface area contributed by atoms with Crippen molar-refractivity contribution in [2.75, 3.05) is 49.7 Å². The molecule has 1 aromatic heterocycles. The maximum Gasteiger partial charge on any atom is 0.323 e. The number of nitrogens with zero attached hydrogens (tertiary/aromatic N) is 4. The lowest BCUT2D eigenvalue weighted by Crippen LogP contribution is -2.31. The largest absolute Gasteiger partial charge is 0.464 e. The van der Waals surface area contributed by atoms with E-state index in [-0.39, 0.29) is 19.2 Å². The second-order valence-electron chi connectivity index (χ2n) is 3.64. The topological polar surface area (TPSA) is 104 Å². The molecule has 0 fully saturated rings. The number of anilines is 2. The van der Waals surface area contributed by atoms with Gasteiger partial charge in [-0.1, -0.05) is 0 Å². The molecule has 0 aliphatic carbocycles. The van der Waals surface area contributed by atoms with Crippen molar-refractivity contribution in [3.05, 3.63) is 0 Å². The van der Waals surface area contributed by atoms with Gasteiger partial charge in [0.2, 0.25) is 11.9 Å². The van der Waals surface area contributed by atoms with Gasteiger partial charge in [-0.2, -0.15) is 15.0 Å². The summed E-state index contributed by atoms with van der Waals surface area (Å²) in [6.07, 6.45) is 0. The zero-order chi connectivity index (χ0) is 14.1. The van der Waals surface area contributed by atoms with Gasteiger partial charge in [0.05, 0.1) is 19.8 Å². The third-order valence-corrected chi connectivity index (χ3v) is 2.23. The first-order valence-electron chi connectivity index (χ1n) is 6.34. The van der Waals surface area contributed by atoms with E-state index in [2.05, 4.69) is 20.3 Å². The SMILES string of the molecule is CCNc1nc(OCC)nc(N(CCO)CCO)n1. The summed E-state index contributed by atoms with van der Waals surface area (Å²) in [5.74, 6) is 0.786. The smallest absolute Gasteiger partial charge is 0.323 e. The Morgan fingerprint density at radius 2 is 1.79 bits per heavy atom. The van der Waals surface area contributed by atoms with Crippen molar-refractivity contribution in [1.82, 2.24) is 15.0 Å². The van der Waals surface area contributed by atoms with Crippen LogP contribution in [0, 0.1) is 0 Å². The van der Waals surface area contributed by atoms with Gasteiger partial charge in [-0.05, 0) is 13.8 Å². The van der Waals surface area contributed by atoms with Gasteiger partial charge in [0.1, 0.15) is 0 Å². The summed E-state index contributed by atoms with van der Waals surface area (Å²) in [6.45, 7) is 5.48. The van der Waals surface area contributed by atoms with Crippen molar-refractivity contribution in [1.29, 1.82) is 0 Å². The van der Waals surface area contributed by atoms with E-state index in [9.17, 15) is 0 Å². The van der Waals surface area contributed by atoms with E-state index in [0.717, 1.165) is 0 Å². The van der Waals surface area contributed by atoms with Crippen LogP contribution in [-0.4, -0.2) is 64.6 Å². The van der Waals surface area contributed by atoms with Crippen molar-refractivity contribution in [3.8, 4) is 6.01 Å². The predicted octanol–water partition coefficient (Wildman–Crippen LogP) is -0.507. The van der Waals surface area contributed by atoms with Crippen LogP contribution in [0.5, 0.6) is 6.01 Å². The molecule has 3 N–H and O–H groups in total. The lowest BCUT2D eigenvalue weighted by atomic mass is 10.5. The van der Waals surface area contributed by atoms with Crippen LogP contribution in [-0.2, 0) is 0 Å². The van der Waals surface area contributed by atoms with E-state index >= 15 is 0 Å². The monoisotopic (exact) mass is 271 g/mol. The highest BCUT2D eigenvalue weighted by molar-refractivity contribution is 5.38. The molecule has 0 saturated heterocycles. The Morgan fingerprint density at radius 1 is 1.11 bits per heavy atom. The molecular formula is C11H21N5O3. The fraction of sp³-hybridized carbons (Fsp3) is 0.727. The zero-order valence-corrected chi connectivity index (χ0v) is 11.3. The van der Waals surface area contributed by atoms with Crippen molar-refractivity contribution in [2.24, 2.45) is 0 Å². The number of rotatable bonds is 9. The van der Waals surface area contributed by atoms with E-state index in [4.69, 9.17) is 14.9 Å². The van der Waals surface area contributed by atoms with Crippen LogP contribution in [0.1, 0.15) is 13.8 Å². The number of aliphatic hydroxyl groups excluding tert-OH is 2. The molecule has 0 amide bonds. The van der Waals surface area contributed by atoms with E-state index in [1.165, 1.54) is 0 Å². The Hall–Kier alpha value is -1.67. The summed E-state index contributed by atoms with van der Waals surface area (Å²) < 4.78 is 5.29. The summed E-state index contributed by atoms with van der Waals surface area (Å²) in [7, 11) is 0. The first-order valence-corrected chi connectivity index (χ1v) is 6.34. The Kier molecular flexibility index (Phi) is 6.83. The molecule has 8 nitrogen and oxygen atoms in total. The molecule has 0 aliphatic rings. The summed E-state index contributed by atoms with van der Waals surface area (Å²) in [4.78, 5) is 14.2. The summed E-state index contributed by atoms with van der Waals surface area (Å²) in [6, 6.07) is 0.226. The second kappa shape index (κ2) is 8.44. The van der Waals surface area contributed by atoms with Crippen LogP contribution in [0.3, 0.4) is 0 Å². The average Bonchev–Trinajstić information content (AvgIpc) is 2.39. The molecule has 1 heterocycles. The average molecular weight is 271 g/mol. The zero-order valence-electron chi connectivity index (χ0n) is 11.3. The van der Waals surface area contributed by atoms with Gasteiger partial charge >= 0.3 is 6.01 Å². The lowest BCUT2D eigenvalue weighted by Gasteiger charge is -2.21. The minimum absolute atomic E-state index is 0.0494. The number of nitrogens with one attached hydrogen (secondary N) is 1. The molecule has 0 atom stereocenters. The highest BCUT2D eigenvalue weighted by Crippen LogP contribution is 2.14. The van der Waals surface area contributed by atoms with Crippen LogP contribution < -0.4 is 15.0 Å². The maximum absolute atomic E-state index is 9.03. The molecule has 1 rings (SSSR count). The van der Waals surface area contributed by atoms with Gasteiger partial charge in [-0.15, -0.1) is 0 Å². The Bertz CT molecular complexity index is 347. The molecule has 0 bridgehead atoms. The molecule has 19 heavy (non-hydrogen) atoms. The van der Waals surface area contributed by atoms with Gasteiger partial charge in [0.15, 0.2) is 0 Å². The Balaban J connectivity index is 3.00. The van der Waals surface area contributed by atoms with Crippen molar-refractivity contribution < 1.29 is 14.9 Å². The minimum Gasteiger partial charge on any atom is -0.464 e. The molecule has 1 aromatic rings. The van der Waals surface area contributed by atoms with Crippen LogP contribution in [0.2, 0.25) is 0 Å². The molecule has 0 saturated carbocycles. The van der Waals surface area contributed by atoms with E-state index < -0.39 is 0 Å². The molecule has 0 aromatic carbocycles. The van der Waals surface area contributed by atoms with E-state index in [1.54, 1.807) is 4.90 Å². The fourth-order valence-electron chi connectivity index (χ4n) is 1.47. The third kappa shape index (κ3) is 4.84.